The van der Waals surface area contributed by atoms with Gasteiger partial charge in [-0.05, 0) is 29.8 Å². The van der Waals surface area contributed by atoms with Crippen molar-refractivity contribution in [1.82, 2.24) is 19.8 Å². The number of aromatic nitrogens is 4. The molecule has 0 bridgehead atoms. The molecule has 2 N–H and O–H groups in total. The zero-order valence-electron chi connectivity index (χ0n) is 10.7. The monoisotopic (exact) mass is 302 g/mol. The molecule has 1 aromatic carbocycles. The molecule has 0 aliphatic carbocycles. The molecular weight excluding hydrogens is 292 g/mol. The average molecular weight is 302 g/mol. The quantitative estimate of drug-likeness (QED) is 0.751. The second-order valence-electron chi connectivity index (χ2n) is 4.29. The molecule has 0 aliphatic heterocycles. The van der Waals surface area contributed by atoms with Crippen molar-refractivity contribution in [3.63, 3.8) is 0 Å². The first-order valence-corrected chi connectivity index (χ1v) is 6.86. The smallest absolute Gasteiger partial charge is 0.364 e. The molecule has 2 aromatic heterocycles. The summed E-state index contributed by atoms with van der Waals surface area (Å²) in [7, 11) is 0. The highest BCUT2D eigenvalue weighted by Gasteiger charge is 2.05. The van der Waals surface area contributed by atoms with Crippen LogP contribution in [0.4, 0.5) is 0 Å². The van der Waals surface area contributed by atoms with Gasteiger partial charge in [0.1, 0.15) is 5.03 Å². The lowest BCUT2D eigenvalue weighted by atomic mass is 10.2. The van der Waals surface area contributed by atoms with Gasteiger partial charge in [0.15, 0.2) is 5.65 Å². The molecule has 0 saturated carbocycles. The minimum Gasteiger partial charge on any atom is -0.481 e. The molecule has 7 nitrogen and oxygen atoms in total. The number of nitrogens with zero attached hydrogens (tertiary/aromatic N) is 3. The molecule has 0 amide bonds. The van der Waals surface area contributed by atoms with Crippen LogP contribution in [0.3, 0.4) is 0 Å². The van der Waals surface area contributed by atoms with Crippen molar-refractivity contribution in [2.45, 2.75) is 16.3 Å². The number of carboxylic acid groups (broad SMARTS) is 1. The van der Waals surface area contributed by atoms with E-state index in [1.165, 1.54) is 16.3 Å². The molecule has 0 fully saturated rings. The summed E-state index contributed by atoms with van der Waals surface area (Å²) in [4.78, 5) is 23.0. The molecule has 0 unspecified atom stereocenters. The first-order valence-electron chi connectivity index (χ1n) is 6.05. The minimum absolute atomic E-state index is 0.000428. The third-order valence-electron chi connectivity index (χ3n) is 2.75. The molecule has 0 aliphatic rings. The number of carboxylic acids is 1. The zero-order valence-corrected chi connectivity index (χ0v) is 11.5. The summed E-state index contributed by atoms with van der Waals surface area (Å²) in [5.41, 5.74) is 0.812. The summed E-state index contributed by atoms with van der Waals surface area (Å²) in [6, 6.07) is 10.6. The largest absolute Gasteiger partial charge is 0.481 e. The Bertz CT molecular complexity index is 854. The Hall–Kier alpha value is -2.61. The lowest BCUT2D eigenvalue weighted by molar-refractivity contribution is -0.136. The second kappa shape index (κ2) is 5.41. The number of aromatic amines is 1. The Balaban J connectivity index is 1.82. The van der Waals surface area contributed by atoms with Crippen molar-refractivity contribution in [3.05, 3.63) is 52.4 Å². The number of nitrogens with one attached hydrogen (secondary N) is 1. The van der Waals surface area contributed by atoms with Crippen molar-refractivity contribution >= 4 is 23.4 Å². The van der Waals surface area contributed by atoms with Crippen molar-refractivity contribution in [1.29, 1.82) is 0 Å². The standard InChI is InChI=1S/C13H10N4O3S/c18-12(19)7-8-1-3-9(4-2-8)21-11-6-5-10-14-15-13(20)17(10)16-11/h1-6H,7H2,(H,15,20)(H,18,19). The summed E-state index contributed by atoms with van der Waals surface area (Å²) in [5, 5.41) is 19.7. The third-order valence-corrected chi connectivity index (χ3v) is 3.68. The lowest BCUT2D eigenvalue weighted by Gasteiger charge is -2.02. The van der Waals surface area contributed by atoms with Gasteiger partial charge in [-0.1, -0.05) is 23.9 Å². The van der Waals surface area contributed by atoms with Crippen LogP contribution in [0.15, 0.2) is 51.1 Å². The average Bonchev–Trinajstić information content (AvgIpc) is 2.82. The van der Waals surface area contributed by atoms with Crippen LogP contribution in [0.5, 0.6) is 0 Å². The van der Waals surface area contributed by atoms with E-state index in [0.29, 0.717) is 10.7 Å². The van der Waals surface area contributed by atoms with E-state index in [1.807, 2.05) is 12.1 Å². The van der Waals surface area contributed by atoms with E-state index >= 15 is 0 Å². The fraction of sp³-hybridized carbons (Fsp3) is 0.0769. The van der Waals surface area contributed by atoms with Gasteiger partial charge >= 0.3 is 11.7 Å². The maximum atomic E-state index is 11.4. The fourth-order valence-corrected chi connectivity index (χ4v) is 2.58. The molecule has 2 heterocycles. The van der Waals surface area contributed by atoms with E-state index in [2.05, 4.69) is 15.3 Å². The van der Waals surface area contributed by atoms with E-state index in [1.54, 1.807) is 24.3 Å². The number of rotatable bonds is 4. The van der Waals surface area contributed by atoms with Crippen LogP contribution >= 0.6 is 11.8 Å². The highest BCUT2D eigenvalue weighted by atomic mass is 32.2. The Morgan fingerprint density at radius 2 is 2.00 bits per heavy atom. The van der Waals surface area contributed by atoms with E-state index in [0.717, 1.165) is 10.5 Å². The van der Waals surface area contributed by atoms with Gasteiger partial charge in [0, 0.05) is 4.90 Å². The van der Waals surface area contributed by atoms with Crippen LogP contribution in [0.1, 0.15) is 5.56 Å². The predicted octanol–water partition coefficient (Wildman–Crippen LogP) is 1.20. The van der Waals surface area contributed by atoms with Gasteiger partial charge in [-0.3, -0.25) is 4.79 Å². The molecule has 0 radical (unpaired) electrons. The van der Waals surface area contributed by atoms with Crippen molar-refractivity contribution < 1.29 is 9.90 Å². The van der Waals surface area contributed by atoms with Gasteiger partial charge in [0.25, 0.3) is 0 Å². The molecule has 3 aromatic rings. The van der Waals surface area contributed by atoms with Crippen molar-refractivity contribution in [3.8, 4) is 0 Å². The van der Waals surface area contributed by atoms with Crippen LogP contribution in [0.2, 0.25) is 0 Å². The summed E-state index contributed by atoms with van der Waals surface area (Å²) in [5.74, 6) is -0.859. The Kier molecular flexibility index (Phi) is 3.44. The lowest BCUT2D eigenvalue weighted by Crippen LogP contribution is -2.12. The molecule has 0 spiro atoms. The Morgan fingerprint density at radius 3 is 2.71 bits per heavy atom. The third kappa shape index (κ3) is 2.95. The number of hydrogen-bond acceptors (Lipinski definition) is 5. The van der Waals surface area contributed by atoms with Crippen LogP contribution in [0.25, 0.3) is 5.65 Å². The maximum absolute atomic E-state index is 11.4. The van der Waals surface area contributed by atoms with E-state index < -0.39 is 5.97 Å². The molecule has 21 heavy (non-hydrogen) atoms. The summed E-state index contributed by atoms with van der Waals surface area (Å²) in [6.07, 6.45) is -0.000428. The fourth-order valence-electron chi connectivity index (χ4n) is 1.81. The number of aliphatic carboxylic acids is 1. The van der Waals surface area contributed by atoms with Crippen LogP contribution in [-0.2, 0) is 11.2 Å². The number of carbonyl (C=O) groups is 1. The Morgan fingerprint density at radius 1 is 1.24 bits per heavy atom. The van der Waals surface area contributed by atoms with Gasteiger partial charge < -0.3 is 5.11 Å². The molecule has 0 saturated heterocycles. The molecular formula is C13H10N4O3S. The molecule has 0 atom stereocenters. The summed E-state index contributed by atoms with van der Waals surface area (Å²) in [6.45, 7) is 0. The van der Waals surface area contributed by atoms with E-state index in [9.17, 15) is 9.59 Å². The van der Waals surface area contributed by atoms with Gasteiger partial charge in [-0.15, -0.1) is 0 Å². The molecule has 106 valence electrons. The van der Waals surface area contributed by atoms with Gasteiger partial charge in [-0.2, -0.15) is 14.7 Å². The second-order valence-corrected chi connectivity index (χ2v) is 5.38. The normalized spacial score (nSPS) is 10.9. The zero-order chi connectivity index (χ0) is 14.8. The van der Waals surface area contributed by atoms with E-state index in [-0.39, 0.29) is 12.1 Å². The topological polar surface area (TPSA) is 100 Å². The van der Waals surface area contributed by atoms with Crippen LogP contribution < -0.4 is 5.69 Å². The highest BCUT2D eigenvalue weighted by Crippen LogP contribution is 2.25. The molecule has 3 rings (SSSR count). The van der Waals surface area contributed by atoms with Gasteiger partial charge in [-0.25, -0.2) is 9.89 Å². The minimum atomic E-state index is -0.859. The molecule has 8 heteroatoms. The summed E-state index contributed by atoms with van der Waals surface area (Å²) >= 11 is 1.38. The van der Waals surface area contributed by atoms with Crippen LogP contribution in [-0.4, -0.2) is 30.9 Å². The number of fused-ring (bicyclic) bond motifs is 1. The van der Waals surface area contributed by atoms with Crippen molar-refractivity contribution in [2.24, 2.45) is 0 Å². The first-order chi connectivity index (χ1) is 10.1. The summed E-state index contributed by atoms with van der Waals surface area (Å²) < 4.78 is 1.20. The predicted molar refractivity (Wildman–Crippen MR) is 75.5 cm³/mol. The highest BCUT2D eigenvalue weighted by molar-refractivity contribution is 7.99. The maximum Gasteiger partial charge on any atom is 0.364 e. The van der Waals surface area contributed by atoms with E-state index in [4.69, 9.17) is 5.11 Å². The van der Waals surface area contributed by atoms with Gasteiger partial charge in [0.05, 0.1) is 6.42 Å². The van der Waals surface area contributed by atoms with Crippen LogP contribution in [0, 0.1) is 0 Å². The van der Waals surface area contributed by atoms with Gasteiger partial charge in [0.2, 0.25) is 0 Å². The van der Waals surface area contributed by atoms with Crippen molar-refractivity contribution in [2.75, 3.05) is 0 Å². The SMILES string of the molecule is O=C(O)Cc1ccc(Sc2ccc3n[nH]c(=O)n3n2)cc1. The number of H-pyrrole nitrogens is 1. The first kappa shape index (κ1) is 13.4. The number of hydrogen-bond donors (Lipinski definition) is 2. The number of benzene rings is 1. The Labute approximate surface area is 122 Å².